The molecule has 0 aromatic carbocycles. The molecule has 0 unspecified atom stereocenters. The Balaban J connectivity index is 1.55. The first-order valence-electron chi connectivity index (χ1n) is 9.16. The summed E-state index contributed by atoms with van der Waals surface area (Å²) in [5.41, 5.74) is 1.21. The Morgan fingerprint density at radius 1 is 1.27 bits per heavy atom. The van der Waals surface area contributed by atoms with Crippen molar-refractivity contribution in [1.29, 1.82) is 0 Å². The summed E-state index contributed by atoms with van der Waals surface area (Å²) in [7, 11) is 1.85. The van der Waals surface area contributed by atoms with Gasteiger partial charge in [-0.25, -0.2) is 9.97 Å². The minimum Gasteiger partial charge on any atom is -0.353 e. The minimum atomic E-state index is 0.471. The van der Waals surface area contributed by atoms with Crippen LogP contribution in [0.2, 0.25) is 0 Å². The second-order valence-corrected chi connectivity index (χ2v) is 8.05. The van der Waals surface area contributed by atoms with Crippen LogP contribution >= 0.6 is 11.3 Å². The highest BCUT2D eigenvalue weighted by Gasteiger charge is 2.20. The molecule has 0 radical (unpaired) electrons. The number of aryl methyl sites for hydroxylation is 1. The van der Waals surface area contributed by atoms with E-state index in [1.807, 2.05) is 25.4 Å². The van der Waals surface area contributed by atoms with E-state index in [0.717, 1.165) is 49.5 Å². The van der Waals surface area contributed by atoms with Crippen LogP contribution in [0.1, 0.15) is 35.3 Å². The molecule has 1 aliphatic rings. The van der Waals surface area contributed by atoms with Crippen molar-refractivity contribution in [2.24, 2.45) is 4.99 Å². The second kappa shape index (κ2) is 8.49. The maximum atomic E-state index is 4.78. The fraction of sp³-hybridized carbons (Fsp3) is 0.526. The molecule has 0 spiro atoms. The van der Waals surface area contributed by atoms with Gasteiger partial charge in [0.25, 0.3) is 0 Å². The molecule has 1 N–H and O–H groups in total. The lowest BCUT2D eigenvalue weighted by molar-refractivity contribution is 0.371. The number of nitrogens with zero attached hydrogens (tertiary/aromatic N) is 5. The molecule has 2 aromatic rings. The van der Waals surface area contributed by atoms with E-state index in [0.29, 0.717) is 5.92 Å². The van der Waals surface area contributed by atoms with E-state index in [9.17, 15) is 0 Å². The van der Waals surface area contributed by atoms with E-state index in [-0.39, 0.29) is 0 Å². The van der Waals surface area contributed by atoms with E-state index in [1.54, 1.807) is 11.3 Å². The summed E-state index contributed by atoms with van der Waals surface area (Å²) in [6.45, 7) is 11.0. The largest absolute Gasteiger partial charge is 0.353 e. The molecular weight excluding hydrogens is 344 g/mol. The molecule has 140 valence electrons. The molecule has 0 bridgehead atoms. The molecule has 1 aliphatic heterocycles. The number of aromatic nitrogens is 2. The third-order valence-electron chi connectivity index (χ3n) is 4.59. The van der Waals surface area contributed by atoms with Gasteiger partial charge in [0.1, 0.15) is 10.8 Å². The summed E-state index contributed by atoms with van der Waals surface area (Å²) in [4.78, 5) is 19.6. The summed E-state index contributed by atoms with van der Waals surface area (Å²) in [5.74, 6) is 2.47. The zero-order chi connectivity index (χ0) is 18.5. The highest BCUT2D eigenvalue weighted by molar-refractivity contribution is 7.11. The standard InChI is InChI=1S/C19H28N6S/c1-14(2)18-15(3)26-17(23-18)13-22-19(20-4)25-11-9-24(10-12-25)16-7-5-6-8-21-16/h5-8,14H,9-13H2,1-4H3,(H,20,22). The molecule has 6 nitrogen and oxygen atoms in total. The van der Waals surface area contributed by atoms with Crippen LogP contribution in [0.4, 0.5) is 5.82 Å². The van der Waals surface area contributed by atoms with Crippen LogP contribution in [0.25, 0.3) is 0 Å². The van der Waals surface area contributed by atoms with Crippen molar-refractivity contribution in [1.82, 2.24) is 20.2 Å². The van der Waals surface area contributed by atoms with Gasteiger partial charge in [0.05, 0.1) is 12.2 Å². The number of guanidine groups is 1. The Bertz CT molecular complexity index is 732. The highest BCUT2D eigenvalue weighted by Crippen LogP contribution is 2.24. The van der Waals surface area contributed by atoms with E-state index in [4.69, 9.17) is 4.98 Å². The molecule has 1 fully saturated rings. The van der Waals surface area contributed by atoms with Crippen LogP contribution in [-0.4, -0.2) is 54.1 Å². The lowest BCUT2D eigenvalue weighted by Crippen LogP contribution is -2.52. The third kappa shape index (κ3) is 4.33. The van der Waals surface area contributed by atoms with Gasteiger partial charge in [-0.1, -0.05) is 19.9 Å². The maximum absolute atomic E-state index is 4.78. The Morgan fingerprint density at radius 2 is 2.04 bits per heavy atom. The minimum absolute atomic E-state index is 0.471. The van der Waals surface area contributed by atoms with E-state index in [2.05, 4.69) is 51.9 Å². The van der Waals surface area contributed by atoms with Crippen molar-refractivity contribution in [2.75, 3.05) is 38.1 Å². The average molecular weight is 373 g/mol. The first-order valence-corrected chi connectivity index (χ1v) is 9.98. The predicted molar refractivity (Wildman–Crippen MR) is 109 cm³/mol. The summed E-state index contributed by atoms with van der Waals surface area (Å²) >= 11 is 1.78. The van der Waals surface area contributed by atoms with Crippen molar-refractivity contribution >= 4 is 23.1 Å². The molecule has 3 rings (SSSR count). The maximum Gasteiger partial charge on any atom is 0.194 e. The lowest BCUT2D eigenvalue weighted by atomic mass is 10.1. The van der Waals surface area contributed by atoms with Gasteiger partial charge in [0.2, 0.25) is 0 Å². The van der Waals surface area contributed by atoms with Gasteiger partial charge < -0.3 is 15.1 Å². The average Bonchev–Trinajstić information content (AvgIpc) is 3.04. The van der Waals surface area contributed by atoms with E-state index < -0.39 is 0 Å². The molecular formula is C19H28N6S. The number of anilines is 1. The summed E-state index contributed by atoms with van der Waals surface area (Å²) < 4.78 is 0. The van der Waals surface area contributed by atoms with Gasteiger partial charge >= 0.3 is 0 Å². The van der Waals surface area contributed by atoms with Crippen molar-refractivity contribution in [3.05, 3.63) is 40.0 Å². The molecule has 0 saturated carbocycles. The topological polar surface area (TPSA) is 56.7 Å². The van der Waals surface area contributed by atoms with Crippen molar-refractivity contribution in [3.8, 4) is 0 Å². The molecule has 2 aromatic heterocycles. The van der Waals surface area contributed by atoms with E-state index in [1.165, 1.54) is 10.6 Å². The number of hydrogen-bond acceptors (Lipinski definition) is 5. The Kier molecular flexibility index (Phi) is 6.08. The zero-order valence-corrected chi connectivity index (χ0v) is 16.9. The Morgan fingerprint density at radius 3 is 2.62 bits per heavy atom. The fourth-order valence-corrected chi connectivity index (χ4v) is 4.28. The fourth-order valence-electron chi connectivity index (χ4n) is 3.25. The molecule has 26 heavy (non-hydrogen) atoms. The smallest absolute Gasteiger partial charge is 0.194 e. The molecule has 0 aliphatic carbocycles. The normalized spacial score (nSPS) is 15.7. The Hall–Kier alpha value is -2.15. The monoisotopic (exact) mass is 372 g/mol. The summed E-state index contributed by atoms with van der Waals surface area (Å²) in [5, 5.41) is 4.60. The second-order valence-electron chi connectivity index (χ2n) is 6.77. The van der Waals surface area contributed by atoms with Gasteiger partial charge in [-0.3, -0.25) is 4.99 Å². The van der Waals surface area contributed by atoms with Crippen LogP contribution in [0.3, 0.4) is 0 Å². The third-order valence-corrected chi connectivity index (χ3v) is 5.57. The number of rotatable bonds is 4. The number of hydrogen-bond donors (Lipinski definition) is 1. The van der Waals surface area contributed by atoms with Gasteiger partial charge in [0, 0.05) is 44.3 Å². The van der Waals surface area contributed by atoms with Crippen LogP contribution in [0, 0.1) is 6.92 Å². The summed E-state index contributed by atoms with van der Waals surface area (Å²) in [6, 6.07) is 6.06. The molecule has 0 atom stereocenters. The molecule has 7 heteroatoms. The van der Waals surface area contributed by atoms with Gasteiger partial charge in [-0.2, -0.15) is 0 Å². The van der Waals surface area contributed by atoms with Crippen molar-refractivity contribution < 1.29 is 0 Å². The predicted octanol–water partition coefficient (Wildman–Crippen LogP) is 2.87. The van der Waals surface area contributed by atoms with Gasteiger partial charge in [-0.15, -0.1) is 11.3 Å². The molecule has 0 amide bonds. The van der Waals surface area contributed by atoms with Gasteiger partial charge in [-0.05, 0) is 25.0 Å². The number of aliphatic imine (C=N–C) groups is 1. The Labute approximate surface area is 160 Å². The first-order chi connectivity index (χ1) is 12.6. The first kappa shape index (κ1) is 18.6. The zero-order valence-electron chi connectivity index (χ0n) is 16.1. The quantitative estimate of drug-likeness (QED) is 0.661. The molecule has 1 saturated heterocycles. The van der Waals surface area contributed by atoms with Crippen LogP contribution in [0.5, 0.6) is 0 Å². The van der Waals surface area contributed by atoms with Crippen molar-refractivity contribution in [3.63, 3.8) is 0 Å². The summed E-state index contributed by atoms with van der Waals surface area (Å²) in [6.07, 6.45) is 1.85. The van der Waals surface area contributed by atoms with Crippen LogP contribution < -0.4 is 10.2 Å². The number of nitrogens with one attached hydrogen (secondary N) is 1. The van der Waals surface area contributed by atoms with Crippen LogP contribution in [-0.2, 0) is 6.54 Å². The van der Waals surface area contributed by atoms with Gasteiger partial charge in [0.15, 0.2) is 5.96 Å². The number of thiazole rings is 1. The van der Waals surface area contributed by atoms with E-state index >= 15 is 0 Å². The van der Waals surface area contributed by atoms with Crippen molar-refractivity contribution in [2.45, 2.75) is 33.2 Å². The SMILES string of the molecule is CN=C(NCc1nc(C(C)C)c(C)s1)N1CCN(c2ccccn2)CC1. The van der Waals surface area contributed by atoms with Crippen LogP contribution in [0.15, 0.2) is 29.4 Å². The highest BCUT2D eigenvalue weighted by atomic mass is 32.1. The lowest BCUT2D eigenvalue weighted by Gasteiger charge is -2.37. The number of piperazine rings is 1. The number of pyridine rings is 1. The molecule has 3 heterocycles.